The number of carbonyl (C=O) groups is 1. The third kappa shape index (κ3) is 3.35. The van der Waals surface area contributed by atoms with Gasteiger partial charge < -0.3 is 19.8 Å². The lowest BCUT2D eigenvalue weighted by Gasteiger charge is -2.14. The van der Waals surface area contributed by atoms with Gasteiger partial charge in [-0.2, -0.15) is 0 Å². The summed E-state index contributed by atoms with van der Waals surface area (Å²) in [6.07, 6.45) is 0.0311. The number of para-hydroxylation sites is 2. The molecule has 0 fully saturated rings. The first-order valence-corrected chi connectivity index (χ1v) is 7.80. The van der Waals surface area contributed by atoms with E-state index in [1.54, 1.807) is 13.2 Å². The van der Waals surface area contributed by atoms with Crippen molar-refractivity contribution in [3.05, 3.63) is 54.2 Å². The monoisotopic (exact) mass is 324 g/mol. The van der Waals surface area contributed by atoms with Crippen molar-refractivity contribution in [2.24, 2.45) is 0 Å². The fourth-order valence-electron chi connectivity index (χ4n) is 2.48. The van der Waals surface area contributed by atoms with Gasteiger partial charge in [0.25, 0.3) is 5.91 Å². The van der Waals surface area contributed by atoms with Gasteiger partial charge in [-0.3, -0.25) is 4.79 Å². The zero-order valence-corrected chi connectivity index (χ0v) is 13.9. The first-order valence-electron chi connectivity index (χ1n) is 7.80. The number of methoxy groups -OCH3 is 1. The van der Waals surface area contributed by atoms with Crippen LogP contribution < -0.4 is 14.8 Å². The van der Waals surface area contributed by atoms with Gasteiger partial charge in [0.2, 0.25) is 0 Å². The van der Waals surface area contributed by atoms with Gasteiger partial charge in [0.15, 0.2) is 0 Å². The van der Waals surface area contributed by atoms with Crippen molar-refractivity contribution in [1.29, 1.82) is 0 Å². The Hall–Kier alpha value is -2.95. The molecule has 0 unspecified atom stereocenters. The fraction of sp³-hybridized carbons (Fsp3) is 0.211. The van der Waals surface area contributed by atoms with Crippen molar-refractivity contribution < 1.29 is 14.3 Å². The van der Waals surface area contributed by atoms with Crippen LogP contribution in [0.4, 0.5) is 5.69 Å². The Balaban J connectivity index is 1.85. The van der Waals surface area contributed by atoms with E-state index in [0.29, 0.717) is 17.1 Å². The van der Waals surface area contributed by atoms with Crippen LogP contribution in [-0.4, -0.2) is 24.1 Å². The van der Waals surface area contributed by atoms with E-state index < -0.39 is 0 Å². The minimum absolute atomic E-state index is 0.0311. The number of anilines is 1. The Labute approximate surface area is 140 Å². The molecule has 0 spiro atoms. The Morgan fingerprint density at radius 1 is 1.12 bits per heavy atom. The highest BCUT2D eigenvalue weighted by Crippen LogP contribution is 2.26. The summed E-state index contributed by atoms with van der Waals surface area (Å²) in [7, 11) is 1.62. The van der Waals surface area contributed by atoms with E-state index in [0.717, 1.165) is 16.7 Å². The minimum Gasteiger partial charge on any atom is -0.497 e. The summed E-state index contributed by atoms with van der Waals surface area (Å²) >= 11 is 0. The van der Waals surface area contributed by atoms with Crippen LogP contribution in [0.25, 0.3) is 10.9 Å². The molecule has 124 valence electrons. The molecule has 1 heterocycles. The highest BCUT2D eigenvalue weighted by atomic mass is 16.5. The maximum absolute atomic E-state index is 12.5. The van der Waals surface area contributed by atoms with E-state index >= 15 is 0 Å². The van der Waals surface area contributed by atoms with Crippen molar-refractivity contribution in [3.63, 3.8) is 0 Å². The Morgan fingerprint density at radius 3 is 2.67 bits per heavy atom. The van der Waals surface area contributed by atoms with Crippen molar-refractivity contribution in [2.45, 2.75) is 20.0 Å². The van der Waals surface area contributed by atoms with Crippen LogP contribution in [0.1, 0.15) is 24.3 Å². The van der Waals surface area contributed by atoms with Crippen molar-refractivity contribution in [3.8, 4) is 11.5 Å². The van der Waals surface area contributed by atoms with Gasteiger partial charge in [-0.25, -0.2) is 0 Å². The molecule has 0 aliphatic heterocycles. The summed E-state index contributed by atoms with van der Waals surface area (Å²) in [5.74, 6) is 1.19. The number of amides is 1. The number of rotatable bonds is 5. The minimum atomic E-state index is -0.218. The molecular formula is C19H20N2O3. The molecular weight excluding hydrogens is 304 g/mol. The number of nitrogens with one attached hydrogen (secondary N) is 2. The SMILES string of the molecule is COc1ccc2[nH]c(C(=O)Nc3ccccc3OC(C)C)cc2c1. The molecule has 0 saturated heterocycles. The van der Waals surface area contributed by atoms with E-state index in [4.69, 9.17) is 9.47 Å². The van der Waals surface area contributed by atoms with E-state index in [2.05, 4.69) is 10.3 Å². The number of hydrogen-bond acceptors (Lipinski definition) is 3. The number of hydrogen-bond donors (Lipinski definition) is 2. The van der Waals surface area contributed by atoms with Crippen molar-refractivity contribution in [2.75, 3.05) is 12.4 Å². The molecule has 5 heteroatoms. The fourth-order valence-corrected chi connectivity index (χ4v) is 2.48. The third-order valence-corrected chi connectivity index (χ3v) is 3.57. The number of fused-ring (bicyclic) bond motifs is 1. The average molecular weight is 324 g/mol. The van der Waals surface area contributed by atoms with Crippen LogP contribution in [-0.2, 0) is 0 Å². The Kier molecular flexibility index (Phi) is 4.42. The highest BCUT2D eigenvalue weighted by Gasteiger charge is 2.13. The van der Waals surface area contributed by atoms with Crippen LogP contribution in [0.5, 0.6) is 11.5 Å². The second kappa shape index (κ2) is 6.66. The van der Waals surface area contributed by atoms with E-state index in [-0.39, 0.29) is 12.0 Å². The van der Waals surface area contributed by atoms with E-state index in [1.807, 2.05) is 56.3 Å². The standard InChI is InChI=1S/C19H20N2O3/c1-12(2)24-18-7-5-4-6-16(18)21-19(22)17-11-13-10-14(23-3)8-9-15(13)20-17/h4-12,20H,1-3H3,(H,21,22). The number of ether oxygens (including phenoxy) is 2. The first kappa shape index (κ1) is 15.9. The van der Waals surface area contributed by atoms with Crippen LogP contribution in [0, 0.1) is 0 Å². The first-order chi connectivity index (χ1) is 11.6. The van der Waals surface area contributed by atoms with Gasteiger partial charge >= 0.3 is 0 Å². The summed E-state index contributed by atoms with van der Waals surface area (Å²) in [6, 6.07) is 14.8. The second-order valence-corrected chi connectivity index (χ2v) is 5.75. The maximum atomic E-state index is 12.5. The van der Waals surface area contributed by atoms with Gasteiger partial charge in [0.1, 0.15) is 17.2 Å². The molecule has 0 saturated carbocycles. The molecule has 0 aliphatic rings. The molecule has 0 atom stereocenters. The predicted molar refractivity (Wildman–Crippen MR) is 95.0 cm³/mol. The van der Waals surface area contributed by atoms with E-state index in [9.17, 15) is 4.79 Å². The number of aromatic nitrogens is 1. The lowest BCUT2D eigenvalue weighted by Crippen LogP contribution is -2.14. The Bertz CT molecular complexity index is 868. The third-order valence-electron chi connectivity index (χ3n) is 3.57. The number of carbonyl (C=O) groups excluding carboxylic acids is 1. The smallest absolute Gasteiger partial charge is 0.272 e. The average Bonchev–Trinajstić information content (AvgIpc) is 2.99. The van der Waals surface area contributed by atoms with Gasteiger partial charge in [0, 0.05) is 10.9 Å². The Morgan fingerprint density at radius 2 is 1.92 bits per heavy atom. The van der Waals surface area contributed by atoms with Gasteiger partial charge in [-0.15, -0.1) is 0 Å². The molecule has 0 bridgehead atoms. The molecule has 0 aliphatic carbocycles. The second-order valence-electron chi connectivity index (χ2n) is 5.75. The normalized spacial score (nSPS) is 10.8. The van der Waals surface area contributed by atoms with Gasteiger partial charge in [-0.05, 0) is 50.2 Å². The molecule has 3 rings (SSSR count). The summed E-state index contributed by atoms with van der Waals surface area (Å²) in [5, 5.41) is 3.82. The number of benzene rings is 2. The summed E-state index contributed by atoms with van der Waals surface area (Å²) in [6.45, 7) is 3.90. The molecule has 2 N–H and O–H groups in total. The topological polar surface area (TPSA) is 63.4 Å². The highest BCUT2D eigenvalue weighted by molar-refractivity contribution is 6.06. The summed E-state index contributed by atoms with van der Waals surface area (Å²) < 4.78 is 10.9. The predicted octanol–water partition coefficient (Wildman–Crippen LogP) is 4.22. The number of H-pyrrole nitrogens is 1. The lowest BCUT2D eigenvalue weighted by molar-refractivity contribution is 0.102. The van der Waals surface area contributed by atoms with Crippen molar-refractivity contribution in [1.82, 2.24) is 4.98 Å². The van der Waals surface area contributed by atoms with E-state index in [1.165, 1.54) is 0 Å². The van der Waals surface area contributed by atoms with Crippen molar-refractivity contribution >= 4 is 22.5 Å². The lowest BCUT2D eigenvalue weighted by atomic mass is 10.2. The molecule has 2 aromatic carbocycles. The molecule has 24 heavy (non-hydrogen) atoms. The molecule has 1 amide bonds. The van der Waals surface area contributed by atoms with Gasteiger partial charge in [0.05, 0.1) is 18.9 Å². The van der Waals surface area contributed by atoms with Crippen LogP contribution >= 0.6 is 0 Å². The summed E-state index contributed by atoms with van der Waals surface area (Å²) in [4.78, 5) is 15.7. The van der Waals surface area contributed by atoms with Crippen LogP contribution in [0.2, 0.25) is 0 Å². The van der Waals surface area contributed by atoms with Crippen LogP contribution in [0.3, 0.4) is 0 Å². The number of aromatic amines is 1. The molecule has 0 radical (unpaired) electrons. The van der Waals surface area contributed by atoms with Gasteiger partial charge in [-0.1, -0.05) is 12.1 Å². The quantitative estimate of drug-likeness (QED) is 0.739. The molecule has 5 nitrogen and oxygen atoms in total. The van der Waals surface area contributed by atoms with Crippen LogP contribution in [0.15, 0.2) is 48.5 Å². The zero-order valence-electron chi connectivity index (χ0n) is 13.9. The molecule has 3 aromatic rings. The zero-order chi connectivity index (χ0) is 17.1. The maximum Gasteiger partial charge on any atom is 0.272 e. The largest absolute Gasteiger partial charge is 0.497 e. The molecule has 1 aromatic heterocycles. The summed E-state index contributed by atoms with van der Waals surface area (Å²) in [5.41, 5.74) is 2.01.